The maximum absolute atomic E-state index is 5.81. The van der Waals surface area contributed by atoms with Gasteiger partial charge >= 0.3 is 0 Å². The lowest BCUT2D eigenvalue weighted by Gasteiger charge is -2.35. The van der Waals surface area contributed by atoms with E-state index >= 15 is 0 Å². The summed E-state index contributed by atoms with van der Waals surface area (Å²) in [5, 5.41) is 0. The van der Waals surface area contributed by atoms with Crippen LogP contribution in [0.25, 0.3) is 0 Å². The summed E-state index contributed by atoms with van der Waals surface area (Å²) >= 11 is 0. The number of methoxy groups -OCH3 is 1. The fourth-order valence-corrected chi connectivity index (χ4v) is 2.60. The van der Waals surface area contributed by atoms with E-state index in [0.717, 1.165) is 12.4 Å². The third-order valence-corrected chi connectivity index (χ3v) is 3.94. The second-order valence-corrected chi connectivity index (χ2v) is 6.74. The van der Waals surface area contributed by atoms with E-state index in [9.17, 15) is 0 Å². The van der Waals surface area contributed by atoms with Crippen LogP contribution in [0.5, 0.6) is 0 Å². The molecule has 1 aliphatic carbocycles. The SMILES string of the molecule is CC[SiH2]OCC1C(OCOC)=CC=CC1(C)C. The highest BCUT2D eigenvalue weighted by atomic mass is 28.2. The van der Waals surface area contributed by atoms with Gasteiger partial charge in [-0.2, -0.15) is 0 Å². The van der Waals surface area contributed by atoms with Crippen LogP contribution in [0.4, 0.5) is 0 Å². The maximum atomic E-state index is 5.81. The van der Waals surface area contributed by atoms with Crippen LogP contribution in [0.3, 0.4) is 0 Å². The molecular weight excluding hydrogens is 232 g/mol. The van der Waals surface area contributed by atoms with E-state index in [-0.39, 0.29) is 15.2 Å². The van der Waals surface area contributed by atoms with Crippen molar-refractivity contribution in [3.63, 3.8) is 0 Å². The Kier molecular flexibility index (Phi) is 5.95. The summed E-state index contributed by atoms with van der Waals surface area (Å²) in [6, 6.07) is 1.18. The molecule has 3 nitrogen and oxygen atoms in total. The quantitative estimate of drug-likeness (QED) is 0.397. The van der Waals surface area contributed by atoms with Gasteiger partial charge in [-0.25, -0.2) is 0 Å². The lowest BCUT2D eigenvalue weighted by atomic mass is 9.75. The molecule has 1 aliphatic rings. The zero-order valence-corrected chi connectivity index (χ0v) is 12.8. The first-order chi connectivity index (χ1) is 8.11. The Morgan fingerprint density at radius 3 is 2.82 bits per heavy atom. The molecule has 0 aromatic heterocycles. The van der Waals surface area contributed by atoms with Crippen molar-refractivity contribution in [3.8, 4) is 0 Å². The predicted molar refractivity (Wildman–Crippen MR) is 72.4 cm³/mol. The fraction of sp³-hybridized carbons (Fsp3) is 0.692. The van der Waals surface area contributed by atoms with Crippen molar-refractivity contribution in [1.29, 1.82) is 0 Å². The van der Waals surface area contributed by atoms with E-state index in [1.165, 1.54) is 6.04 Å². The smallest absolute Gasteiger partial charge is 0.188 e. The summed E-state index contributed by atoms with van der Waals surface area (Å²) in [7, 11) is 1.29. The molecule has 0 radical (unpaired) electrons. The normalized spacial score (nSPS) is 23.1. The Bertz CT molecular complexity index is 284. The lowest BCUT2D eigenvalue weighted by Crippen LogP contribution is -2.31. The van der Waals surface area contributed by atoms with E-state index in [4.69, 9.17) is 13.9 Å². The average molecular weight is 256 g/mol. The van der Waals surface area contributed by atoms with Gasteiger partial charge in [0, 0.05) is 19.6 Å². The third kappa shape index (κ3) is 4.30. The van der Waals surface area contributed by atoms with Crippen molar-refractivity contribution in [2.75, 3.05) is 20.5 Å². The molecule has 0 aliphatic heterocycles. The second-order valence-electron chi connectivity index (χ2n) is 4.93. The lowest BCUT2D eigenvalue weighted by molar-refractivity contribution is -0.0186. The van der Waals surface area contributed by atoms with Gasteiger partial charge in [-0.15, -0.1) is 0 Å². The van der Waals surface area contributed by atoms with Crippen LogP contribution in [-0.2, 0) is 13.9 Å². The largest absolute Gasteiger partial charge is 0.471 e. The highest BCUT2D eigenvalue weighted by Crippen LogP contribution is 2.37. The van der Waals surface area contributed by atoms with Crippen LogP contribution in [0, 0.1) is 11.3 Å². The van der Waals surface area contributed by atoms with E-state index in [0.29, 0.717) is 12.7 Å². The molecular formula is C13H24O3Si. The molecule has 17 heavy (non-hydrogen) atoms. The van der Waals surface area contributed by atoms with Gasteiger partial charge in [0.2, 0.25) is 0 Å². The Morgan fingerprint density at radius 1 is 1.41 bits per heavy atom. The van der Waals surface area contributed by atoms with E-state index in [1.54, 1.807) is 7.11 Å². The minimum absolute atomic E-state index is 0.0833. The van der Waals surface area contributed by atoms with Gasteiger partial charge in [-0.3, -0.25) is 0 Å². The molecule has 1 atom stereocenters. The molecule has 0 N–H and O–H groups in total. The monoisotopic (exact) mass is 256 g/mol. The zero-order chi connectivity index (χ0) is 12.7. The minimum atomic E-state index is -0.352. The molecule has 4 heteroatoms. The summed E-state index contributed by atoms with van der Waals surface area (Å²) in [4.78, 5) is 0. The van der Waals surface area contributed by atoms with Crippen molar-refractivity contribution in [2.24, 2.45) is 11.3 Å². The van der Waals surface area contributed by atoms with Crippen molar-refractivity contribution in [1.82, 2.24) is 0 Å². The summed E-state index contributed by atoms with van der Waals surface area (Å²) in [5.74, 6) is 1.27. The van der Waals surface area contributed by atoms with Gasteiger partial charge in [0.05, 0.1) is 0 Å². The Morgan fingerprint density at radius 2 is 2.18 bits per heavy atom. The minimum Gasteiger partial charge on any atom is -0.471 e. The standard InChI is InChI=1S/C13H24O3Si/c1-5-17-16-9-11-12(15-10-14-4)7-6-8-13(11,2)3/h6-8,11H,5,9-10,17H2,1-4H3. The number of hydrogen-bond donors (Lipinski definition) is 0. The van der Waals surface area contributed by atoms with Gasteiger partial charge in [0.1, 0.15) is 5.76 Å². The van der Waals surface area contributed by atoms with Crippen molar-refractivity contribution in [2.45, 2.75) is 26.8 Å². The first kappa shape index (κ1) is 14.5. The van der Waals surface area contributed by atoms with Gasteiger partial charge in [0.25, 0.3) is 0 Å². The molecule has 0 saturated heterocycles. The highest BCUT2D eigenvalue weighted by Gasteiger charge is 2.33. The van der Waals surface area contributed by atoms with Gasteiger partial charge in [-0.05, 0) is 17.5 Å². The van der Waals surface area contributed by atoms with E-state index in [2.05, 4.69) is 32.9 Å². The zero-order valence-electron chi connectivity index (χ0n) is 11.4. The Hall–Kier alpha value is -0.583. The molecule has 0 fully saturated rings. The number of allylic oxidation sites excluding steroid dienone is 3. The summed E-state index contributed by atoms with van der Waals surface area (Å²) < 4.78 is 16.4. The van der Waals surface area contributed by atoms with Crippen LogP contribution < -0.4 is 0 Å². The summed E-state index contributed by atoms with van der Waals surface area (Å²) in [5.41, 5.74) is 0.0833. The first-order valence-corrected chi connectivity index (χ1v) is 7.78. The van der Waals surface area contributed by atoms with Crippen LogP contribution in [-0.4, -0.2) is 30.3 Å². The van der Waals surface area contributed by atoms with Crippen molar-refractivity contribution >= 4 is 9.76 Å². The van der Waals surface area contributed by atoms with E-state index < -0.39 is 0 Å². The van der Waals surface area contributed by atoms with Crippen LogP contribution >= 0.6 is 0 Å². The molecule has 0 heterocycles. The van der Waals surface area contributed by atoms with Crippen LogP contribution in [0.2, 0.25) is 6.04 Å². The Balaban J connectivity index is 2.63. The molecule has 1 rings (SSSR count). The van der Waals surface area contributed by atoms with Crippen molar-refractivity contribution < 1.29 is 13.9 Å². The van der Waals surface area contributed by atoms with Crippen LogP contribution in [0.1, 0.15) is 20.8 Å². The second kappa shape index (κ2) is 6.99. The molecule has 0 spiro atoms. The molecule has 1 unspecified atom stereocenters. The molecule has 0 amide bonds. The highest BCUT2D eigenvalue weighted by molar-refractivity contribution is 6.26. The van der Waals surface area contributed by atoms with Gasteiger partial charge < -0.3 is 13.9 Å². The first-order valence-electron chi connectivity index (χ1n) is 6.20. The van der Waals surface area contributed by atoms with Gasteiger partial charge in [-0.1, -0.05) is 32.9 Å². The molecule has 0 aromatic rings. The predicted octanol–water partition coefficient (Wildman–Crippen LogP) is 2.24. The van der Waals surface area contributed by atoms with Crippen LogP contribution in [0.15, 0.2) is 24.0 Å². The van der Waals surface area contributed by atoms with E-state index in [1.807, 2.05) is 6.08 Å². The maximum Gasteiger partial charge on any atom is 0.188 e. The van der Waals surface area contributed by atoms with Gasteiger partial charge in [0.15, 0.2) is 16.6 Å². The molecule has 0 saturated carbocycles. The topological polar surface area (TPSA) is 27.7 Å². The number of ether oxygens (including phenoxy) is 2. The average Bonchev–Trinajstić information content (AvgIpc) is 2.29. The fourth-order valence-electron chi connectivity index (χ4n) is 1.91. The Labute approximate surface area is 107 Å². The summed E-state index contributed by atoms with van der Waals surface area (Å²) in [6.45, 7) is 7.67. The molecule has 0 bridgehead atoms. The molecule has 98 valence electrons. The van der Waals surface area contributed by atoms with Crippen molar-refractivity contribution in [3.05, 3.63) is 24.0 Å². The number of hydrogen-bond acceptors (Lipinski definition) is 3. The summed E-state index contributed by atoms with van der Waals surface area (Å²) in [6.07, 6.45) is 6.29. The third-order valence-electron chi connectivity index (χ3n) is 3.00. The molecule has 0 aromatic carbocycles. The number of rotatable bonds is 7.